The summed E-state index contributed by atoms with van der Waals surface area (Å²) in [6, 6.07) is 11.1. The van der Waals surface area contributed by atoms with Gasteiger partial charge in [-0.3, -0.25) is 20.4 Å². The van der Waals surface area contributed by atoms with Crippen LogP contribution in [0.5, 0.6) is 11.5 Å². The molecule has 0 radical (unpaired) electrons. The molecule has 0 aliphatic rings. The average molecular weight is 512 g/mol. The zero-order valence-electron chi connectivity index (χ0n) is 16.0. The van der Waals surface area contributed by atoms with Gasteiger partial charge in [0.25, 0.3) is 11.8 Å². The molecule has 9 heteroatoms. The highest BCUT2D eigenvalue weighted by atomic mass is 127. The van der Waals surface area contributed by atoms with E-state index in [2.05, 4.69) is 33.4 Å². The van der Waals surface area contributed by atoms with Gasteiger partial charge in [-0.2, -0.15) is 0 Å². The van der Waals surface area contributed by atoms with E-state index in [-0.39, 0.29) is 6.61 Å². The number of carbonyl (C=O) groups excluding carboxylic acids is 3. The van der Waals surface area contributed by atoms with E-state index >= 15 is 0 Å². The minimum Gasteiger partial charge on any atom is -0.496 e. The predicted molar refractivity (Wildman–Crippen MR) is 114 cm³/mol. The second-order valence-corrected chi connectivity index (χ2v) is 6.96. The molecule has 0 aliphatic carbocycles. The number of carbonyl (C=O) groups is 3. The number of hydrogen-bond donors (Lipinski definition) is 2. The Morgan fingerprint density at radius 2 is 1.69 bits per heavy atom. The zero-order chi connectivity index (χ0) is 21.2. The number of halogens is 1. The quantitative estimate of drug-likeness (QED) is 0.321. The molecule has 2 aromatic rings. The van der Waals surface area contributed by atoms with Crippen LogP contribution in [0.1, 0.15) is 34.1 Å². The van der Waals surface area contributed by atoms with Crippen LogP contribution in [-0.4, -0.2) is 38.1 Å². The van der Waals surface area contributed by atoms with Gasteiger partial charge in [0.1, 0.15) is 11.5 Å². The summed E-state index contributed by atoms with van der Waals surface area (Å²) >= 11 is 2.05. The summed E-state index contributed by atoms with van der Waals surface area (Å²) in [5.41, 5.74) is 5.38. The molecule has 2 N–H and O–H groups in total. The van der Waals surface area contributed by atoms with Crippen molar-refractivity contribution in [2.45, 2.75) is 13.3 Å². The van der Waals surface area contributed by atoms with Gasteiger partial charge in [-0.1, -0.05) is 6.92 Å². The molecule has 0 spiro atoms. The first kappa shape index (κ1) is 22.5. The van der Waals surface area contributed by atoms with Gasteiger partial charge in [-0.25, -0.2) is 4.79 Å². The van der Waals surface area contributed by atoms with E-state index in [1.807, 2.05) is 6.92 Å². The topological polar surface area (TPSA) is 103 Å². The fraction of sp³-hybridized carbons (Fsp3) is 0.250. The summed E-state index contributed by atoms with van der Waals surface area (Å²) in [5.74, 6) is -0.346. The summed E-state index contributed by atoms with van der Waals surface area (Å²) in [6.07, 6.45) is 0.746. The summed E-state index contributed by atoms with van der Waals surface area (Å²) < 4.78 is 16.3. The van der Waals surface area contributed by atoms with Gasteiger partial charge < -0.3 is 14.2 Å². The molecule has 0 unspecified atom stereocenters. The van der Waals surface area contributed by atoms with E-state index in [0.717, 1.165) is 9.99 Å². The number of amides is 2. The van der Waals surface area contributed by atoms with Crippen LogP contribution in [0, 0.1) is 3.57 Å². The third-order valence-electron chi connectivity index (χ3n) is 3.63. The van der Waals surface area contributed by atoms with Crippen molar-refractivity contribution in [3.8, 4) is 11.5 Å². The Hall–Kier alpha value is -2.82. The molecule has 2 aromatic carbocycles. The monoisotopic (exact) mass is 512 g/mol. The SMILES string of the molecule is CCCOC(=O)c1ccc(OCC(=O)NNC(=O)c2ccc(OC)c(I)c2)cc1. The summed E-state index contributed by atoms with van der Waals surface area (Å²) in [7, 11) is 1.54. The molecule has 0 aromatic heterocycles. The van der Waals surface area contributed by atoms with Crippen LogP contribution >= 0.6 is 22.6 Å². The Balaban J connectivity index is 1.78. The van der Waals surface area contributed by atoms with Crippen molar-refractivity contribution in [3.63, 3.8) is 0 Å². The maximum Gasteiger partial charge on any atom is 0.338 e. The lowest BCUT2D eigenvalue weighted by Crippen LogP contribution is -2.43. The molecular weight excluding hydrogens is 491 g/mol. The number of hydrazine groups is 1. The van der Waals surface area contributed by atoms with E-state index in [4.69, 9.17) is 14.2 Å². The average Bonchev–Trinajstić information content (AvgIpc) is 2.74. The largest absolute Gasteiger partial charge is 0.496 e. The van der Waals surface area contributed by atoms with Gasteiger partial charge in [-0.15, -0.1) is 0 Å². The molecular formula is C20H21IN2O6. The fourth-order valence-corrected chi connectivity index (χ4v) is 2.89. The minimum atomic E-state index is -0.534. The number of hydrogen-bond acceptors (Lipinski definition) is 6. The maximum atomic E-state index is 12.1. The van der Waals surface area contributed by atoms with E-state index < -0.39 is 17.8 Å². The Morgan fingerprint density at radius 3 is 2.31 bits per heavy atom. The summed E-state index contributed by atoms with van der Waals surface area (Å²) in [5, 5.41) is 0. The molecule has 0 fully saturated rings. The predicted octanol–water partition coefficient (Wildman–Crippen LogP) is 2.71. The molecule has 2 rings (SSSR count). The van der Waals surface area contributed by atoms with Gasteiger partial charge in [0.05, 0.1) is 22.9 Å². The number of nitrogens with one attached hydrogen (secondary N) is 2. The summed E-state index contributed by atoms with van der Waals surface area (Å²) in [4.78, 5) is 35.7. The van der Waals surface area contributed by atoms with E-state index in [9.17, 15) is 14.4 Å². The lowest BCUT2D eigenvalue weighted by Gasteiger charge is -2.10. The second kappa shape index (κ2) is 11.2. The third-order valence-corrected chi connectivity index (χ3v) is 4.47. The highest BCUT2D eigenvalue weighted by Gasteiger charge is 2.11. The first-order chi connectivity index (χ1) is 13.9. The van der Waals surface area contributed by atoms with Gasteiger partial charge in [-0.05, 0) is 71.5 Å². The van der Waals surface area contributed by atoms with Crippen molar-refractivity contribution in [1.29, 1.82) is 0 Å². The molecule has 29 heavy (non-hydrogen) atoms. The maximum absolute atomic E-state index is 12.1. The number of methoxy groups -OCH3 is 1. The Kier molecular flexibility index (Phi) is 8.71. The van der Waals surface area contributed by atoms with Gasteiger partial charge in [0.15, 0.2) is 6.61 Å². The van der Waals surface area contributed by atoms with E-state index in [1.165, 1.54) is 0 Å². The van der Waals surface area contributed by atoms with Crippen molar-refractivity contribution in [2.24, 2.45) is 0 Å². The third kappa shape index (κ3) is 6.93. The van der Waals surface area contributed by atoms with Gasteiger partial charge in [0, 0.05) is 5.56 Å². The van der Waals surface area contributed by atoms with E-state index in [1.54, 1.807) is 49.6 Å². The zero-order valence-corrected chi connectivity index (χ0v) is 18.1. The van der Waals surface area contributed by atoms with Crippen LogP contribution < -0.4 is 20.3 Å². The molecule has 0 bridgehead atoms. The Bertz CT molecular complexity index is 870. The van der Waals surface area contributed by atoms with Crippen LogP contribution in [0.3, 0.4) is 0 Å². The van der Waals surface area contributed by atoms with Crippen LogP contribution in [0.25, 0.3) is 0 Å². The highest BCUT2D eigenvalue weighted by molar-refractivity contribution is 14.1. The molecule has 0 atom stereocenters. The van der Waals surface area contributed by atoms with E-state index in [0.29, 0.717) is 29.2 Å². The molecule has 154 valence electrons. The molecule has 8 nitrogen and oxygen atoms in total. The normalized spacial score (nSPS) is 10.0. The van der Waals surface area contributed by atoms with Gasteiger partial charge >= 0.3 is 5.97 Å². The van der Waals surface area contributed by atoms with Crippen molar-refractivity contribution in [3.05, 3.63) is 57.2 Å². The molecule has 0 heterocycles. The van der Waals surface area contributed by atoms with Crippen molar-refractivity contribution in [2.75, 3.05) is 20.3 Å². The van der Waals surface area contributed by atoms with Crippen molar-refractivity contribution in [1.82, 2.24) is 10.9 Å². The first-order valence-corrected chi connectivity index (χ1v) is 9.85. The lowest BCUT2D eigenvalue weighted by molar-refractivity contribution is -0.123. The number of benzene rings is 2. The standard InChI is InChI=1S/C20H21IN2O6/c1-3-10-28-20(26)13-4-7-15(8-5-13)29-12-18(24)22-23-19(25)14-6-9-17(27-2)16(21)11-14/h4-9,11H,3,10,12H2,1-2H3,(H,22,24)(H,23,25). The van der Waals surface area contributed by atoms with Crippen LogP contribution in [0.15, 0.2) is 42.5 Å². The van der Waals surface area contributed by atoms with Gasteiger partial charge in [0.2, 0.25) is 0 Å². The minimum absolute atomic E-state index is 0.306. The molecule has 0 aliphatic heterocycles. The van der Waals surface area contributed by atoms with Crippen molar-refractivity contribution >= 4 is 40.4 Å². The highest BCUT2D eigenvalue weighted by Crippen LogP contribution is 2.21. The number of esters is 1. The summed E-state index contributed by atoms with van der Waals surface area (Å²) in [6.45, 7) is 1.97. The van der Waals surface area contributed by atoms with Crippen LogP contribution in [0.4, 0.5) is 0 Å². The smallest absolute Gasteiger partial charge is 0.338 e. The van der Waals surface area contributed by atoms with Crippen molar-refractivity contribution < 1.29 is 28.6 Å². The lowest BCUT2D eigenvalue weighted by atomic mass is 10.2. The van der Waals surface area contributed by atoms with Crippen LogP contribution in [-0.2, 0) is 9.53 Å². The number of ether oxygens (including phenoxy) is 3. The second-order valence-electron chi connectivity index (χ2n) is 5.80. The number of rotatable bonds is 8. The molecule has 0 saturated carbocycles. The van der Waals surface area contributed by atoms with Crippen LogP contribution in [0.2, 0.25) is 0 Å². The Morgan fingerprint density at radius 1 is 1.00 bits per heavy atom. The first-order valence-electron chi connectivity index (χ1n) is 8.77. The Labute approximate surface area is 182 Å². The molecule has 2 amide bonds. The fourth-order valence-electron chi connectivity index (χ4n) is 2.16. The molecule has 0 saturated heterocycles.